The minimum atomic E-state index is -0.111. The van der Waals surface area contributed by atoms with Crippen molar-refractivity contribution in [1.82, 2.24) is 0 Å². The Morgan fingerprint density at radius 2 is 1.88 bits per heavy atom. The Morgan fingerprint density at radius 1 is 1.12 bits per heavy atom. The number of ether oxygens (including phenoxy) is 1. The molecule has 0 aromatic heterocycles. The van der Waals surface area contributed by atoms with Gasteiger partial charge in [-0.25, -0.2) is 0 Å². The number of carbonyl (C=O) groups excluding carboxylic acids is 1. The number of carbonyl (C=O) groups is 1. The Hall–Kier alpha value is -1.81. The molecule has 0 radical (unpaired) electrons. The van der Waals surface area contributed by atoms with Gasteiger partial charge in [-0.2, -0.15) is 0 Å². The normalized spacial score (nSPS) is 16.4. The molecule has 0 saturated carbocycles. The van der Waals surface area contributed by atoms with E-state index in [1.54, 1.807) is 0 Å². The van der Waals surface area contributed by atoms with Crippen LogP contribution in [-0.2, 0) is 11.2 Å². The average molecular weight is 388 g/mol. The molecular weight excluding hydrogens is 366 g/mol. The van der Waals surface area contributed by atoms with Crippen LogP contribution in [0.4, 0.5) is 5.69 Å². The quantitative estimate of drug-likeness (QED) is 0.702. The zero-order valence-electron chi connectivity index (χ0n) is 14.1. The summed E-state index contributed by atoms with van der Waals surface area (Å²) in [6, 6.07) is 14.2. The smallest absolute Gasteiger partial charge is 0.234 e. The molecule has 24 heavy (non-hydrogen) atoms. The van der Waals surface area contributed by atoms with Gasteiger partial charge >= 0.3 is 0 Å². The molecule has 1 atom stereocenters. The summed E-state index contributed by atoms with van der Waals surface area (Å²) in [4.78, 5) is 14.7. The molecule has 1 aliphatic rings. The van der Waals surface area contributed by atoms with Gasteiger partial charge in [-0.15, -0.1) is 0 Å². The maximum Gasteiger partial charge on any atom is 0.234 e. The fourth-order valence-corrected chi connectivity index (χ4v) is 3.57. The lowest BCUT2D eigenvalue weighted by Crippen LogP contribution is -2.29. The summed E-state index contributed by atoms with van der Waals surface area (Å²) in [5.41, 5.74) is 3.31. The molecule has 0 bridgehead atoms. The van der Waals surface area contributed by atoms with Gasteiger partial charge in [0.05, 0.1) is 12.5 Å². The maximum absolute atomic E-state index is 12.8. The van der Waals surface area contributed by atoms with Gasteiger partial charge in [0.15, 0.2) is 0 Å². The summed E-state index contributed by atoms with van der Waals surface area (Å²) in [5.74, 6) is 0.966. The van der Waals surface area contributed by atoms with Gasteiger partial charge in [0, 0.05) is 16.7 Å². The highest BCUT2D eigenvalue weighted by molar-refractivity contribution is 9.10. The molecule has 126 valence electrons. The molecule has 4 heteroatoms. The second kappa shape index (κ2) is 7.39. The van der Waals surface area contributed by atoms with Crippen LogP contribution < -0.4 is 9.64 Å². The van der Waals surface area contributed by atoms with Crippen LogP contribution in [-0.4, -0.2) is 19.1 Å². The SMILES string of the molecule is CCCOc1ccc(C[C@H]2C(=O)N(CC)c3ccc(Br)cc32)cc1. The van der Waals surface area contributed by atoms with Crippen molar-refractivity contribution < 1.29 is 9.53 Å². The molecule has 0 spiro atoms. The molecule has 0 unspecified atom stereocenters. The molecule has 1 heterocycles. The largest absolute Gasteiger partial charge is 0.494 e. The first-order chi connectivity index (χ1) is 11.6. The Morgan fingerprint density at radius 3 is 2.54 bits per heavy atom. The molecule has 0 N–H and O–H groups in total. The van der Waals surface area contributed by atoms with Gasteiger partial charge in [0.2, 0.25) is 5.91 Å². The van der Waals surface area contributed by atoms with E-state index in [1.165, 1.54) is 0 Å². The van der Waals surface area contributed by atoms with Crippen LogP contribution in [0.15, 0.2) is 46.9 Å². The Bertz CT molecular complexity index is 727. The number of anilines is 1. The van der Waals surface area contributed by atoms with Gasteiger partial charge in [-0.3, -0.25) is 4.79 Å². The summed E-state index contributed by atoms with van der Waals surface area (Å²) in [6.45, 7) is 5.54. The van der Waals surface area contributed by atoms with Crippen molar-refractivity contribution in [3.05, 3.63) is 58.1 Å². The number of fused-ring (bicyclic) bond motifs is 1. The van der Waals surface area contributed by atoms with Crippen molar-refractivity contribution in [1.29, 1.82) is 0 Å². The highest BCUT2D eigenvalue weighted by atomic mass is 79.9. The summed E-state index contributed by atoms with van der Waals surface area (Å²) in [6.07, 6.45) is 1.71. The number of hydrogen-bond donors (Lipinski definition) is 0. The molecular formula is C20H22BrNO2. The predicted octanol–water partition coefficient (Wildman–Crippen LogP) is 4.93. The van der Waals surface area contributed by atoms with Gasteiger partial charge < -0.3 is 9.64 Å². The minimum Gasteiger partial charge on any atom is -0.494 e. The standard InChI is InChI=1S/C20H22BrNO2/c1-3-11-24-16-8-5-14(6-9-16)12-18-17-13-15(21)7-10-19(17)22(4-2)20(18)23/h5-10,13,18H,3-4,11-12H2,1-2H3/t18-/m1/s1. The van der Waals surface area contributed by atoms with Crippen molar-refractivity contribution in [3.63, 3.8) is 0 Å². The first-order valence-electron chi connectivity index (χ1n) is 8.46. The molecule has 0 saturated heterocycles. The highest BCUT2D eigenvalue weighted by Crippen LogP contribution is 2.40. The number of amides is 1. The molecule has 2 aromatic carbocycles. The van der Waals surface area contributed by atoms with Crippen molar-refractivity contribution in [3.8, 4) is 5.75 Å². The number of benzene rings is 2. The topological polar surface area (TPSA) is 29.5 Å². The third-order valence-electron chi connectivity index (χ3n) is 4.37. The average Bonchev–Trinajstić information content (AvgIpc) is 2.85. The number of likely N-dealkylation sites (N-methyl/N-ethyl adjacent to an activating group) is 1. The number of hydrogen-bond acceptors (Lipinski definition) is 2. The van der Waals surface area contributed by atoms with E-state index in [2.05, 4.69) is 41.1 Å². The summed E-state index contributed by atoms with van der Waals surface area (Å²) >= 11 is 3.53. The highest BCUT2D eigenvalue weighted by Gasteiger charge is 2.36. The second-order valence-corrected chi connectivity index (χ2v) is 6.95. The number of halogens is 1. The molecule has 3 nitrogen and oxygen atoms in total. The molecule has 1 aliphatic heterocycles. The fraction of sp³-hybridized carbons (Fsp3) is 0.350. The van der Waals surface area contributed by atoms with Crippen molar-refractivity contribution in [2.24, 2.45) is 0 Å². The summed E-state index contributed by atoms with van der Waals surface area (Å²) in [7, 11) is 0. The number of rotatable bonds is 6. The second-order valence-electron chi connectivity index (χ2n) is 6.03. The van der Waals surface area contributed by atoms with Crippen molar-refractivity contribution >= 4 is 27.5 Å². The monoisotopic (exact) mass is 387 g/mol. The van der Waals surface area contributed by atoms with Crippen LogP contribution in [0.5, 0.6) is 5.75 Å². The lowest BCUT2D eigenvalue weighted by molar-refractivity contribution is -0.119. The zero-order valence-corrected chi connectivity index (χ0v) is 15.7. The molecule has 2 aromatic rings. The molecule has 0 fully saturated rings. The van der Waals surface area contributed by atoms with E-state index in [9.17, 15) is 4.79 Å². The van der Waals surface area contributed by atoms with E-state index in [0.717, 1.165) is 40.1 Å². The maximum atomic E-state index is 12.8. The third kappa shape index (κ3) is 3.34. The van der Waals surface area contributed by atoms with Gasteiger partial charge in [-0.05, 0) is 61.2 Å². The van der Waals surface area contributed by atoms with Crippen LogP contribution in [0.25, 0.3) is 0 Å². The Kier molecular flexibility index (Phi) is 5.24. The first-order valence-corrected chi connectivity index (χ1v) is 9.26. The van der Waals surface area contributed by atoms with E-state index >= 15 is 0 Å². The zero-order chi connectivity index (χ0) is 17.1. The molecule has 1 amide bonds. The predicted molar refractivity (Wildman–Crippen MR) is 101 cm³/mol. The molecule has 3 rings (SSSR count). The van der Waals surface area contributed by atoms with Crippen LogP contribution in [0.1, 0.15) is 37.3 Å². The van der Waals surface area contributed by atoms with Gasteiger partial charge in [-0.1, -0.05) is 35.0 Å². The Balaban J connectivity index is 1.82. The first kappa shape index (κ1) is 17.0. The van der Waals surface area contributed by atoms with Crippen molar-refractivity contribution in [2.45, 2.75) is 32.6 Å². The molecule has 0 aliphatic carbocycles. The van der Waals surface area contributed by atoms with E-state index < -0.39 is 0 Å². The van der Waals surface area contributed by atoms with E-state index in [4.69, 9.17) is 4.74 Å². The lowest BCUT2D eigenvalue weighted by atomic mass is 9.93. The van der Waals surface area contributed by atoms with E-state index in [0.29, 0.717) is 13.0 Å². The summed E-state index contributed by atoms with van der Waals surface area (Å²) < 4.78 is 6.64. The minimum absolute atomic E-state index is 0.111. The summed E-state index contributed by atoms with van der Waals surface area (Å²) in [5, 5.41) is 0. The van der Waals surface area contributed by atoms with Crippen LogP contribution in [0, 0.1) is 0 Å². The third-order valence-corrected chi connectivity index (χ3v) is 4.87. The number of nitrogens with zero attached hydrogens (tertiary/aromatic N) is 1. The van der Waals surface area contributed by atoms with Gasteiger partial charge in [0.25, 0.3) is 0 Å². The van der Waals surface area contributed by atoms with Gasteiger partial charge in [0.1, 0.15) is 5.75 Å². The van der Waals surface area contributed by atoms with Crippen LogP contribution in [0.2, 0.25) is 0 Å². The van der Waals surface area contributed by atoms with E-state index in [1.807, 2.05) is 36.1 Å². The fourth-order valence-electron chi connectivity index (χ4n) is 3.19. The van der Waals surface area contributed by atoms with Crippen LogP contribution in [0.3, 0.4) is 0 Å². The van der Waals surface area contributed by atoms with Crippen molar-refractivity contribution in [2.75, 3.05) is 18.1 Å². The van der Waals surface area contributed by atoms with E-state index in [-0.39, 0.29) is 11.8 Å². The Labute approximate surface area is 151 Å². The van der Waals surface area contributed by atoms with Crippen LogP contribution >= 0.6 is 15.9 Å². The lowest BCUT2D eigenvalue weighted by Gasteiger charge is -2.15.